The van der Waals surface area contributed by atoms with Crippen molar-refractivity contribution in [2.45, 2.75) is 36.6 Å². The molecule has 1 saturated carbocycles. The van der Waals surface area contributed by atoms with E-state index in [0.29, 0.717) is 0 Å². The van der Waals surface area contributed by atoms with Gasteiger partial charge in [0.15, 0.2) is 4.34 Å². The maximum atomic E-state index is 13.2. The second kappa shape index (κ2) is 8.23. The van der Waals surface area contributed by atoms with Crippen molar-refractivity contribution >= 4 is 40.8 Å². The van der Waals surface area contributed by atoms with Crippen molar-refractivity contribution < 1.29 is 13.6 Å². The number of aromatic nitrogens is 2. The van der Waals surface area contributed by atoms with Gasteiger partial charge < -0.3 is 8.83 Å². The molecule has 1 aliphatic heterocycles. The minimum Gasteiger partial charge on any atom is -0.467 e. The summed E-state index contributed by atoms with van der Waals surface area (Å²) in [5.74, 6) is 1.88. The molecule has 3 aromatic heterocycles. The molecule has 1 aliphatic carbocycles. The molecule has 1 amide bonds. The van der Waals surface area contributed by atoms with Crippen molar-refractivity contribution in [3.05, 3.63) is 58.9 Å². The second-order valence-electron chi connectivity index (χ2n) is 7.24. The van der Waals surface area contributed by atoms with E-state index in [1.165, 1.54) is 23.1 Å². The fraction of sp³-hybridized carbons (Fsp3) is 0.333. The number of hydrogen-bond donors (Lipinski definition) is 0. The zero-order valence-electron chi connectivity index (χ0n) is 16.4. The molecule has 9 heteroatoms. The molecule has 2 aliphatic rings. The predicted molar refractivity (Wildman–Crippen MR) is 115 cm³/mol. The highest BCUT2D eigenvalue weighted by Gasteiger charge is 2.45. The van der Waals surface area contributed by atoms with E-state index < -0.39 is 0 Å². The fourth-order valence-corrected chi connectivity index (χ4v) is 5.68. The van der Waals surface area contributed by atoms with Crippen molar-refractivity contribution in [3.8, 4) is 0 Å². The number of rotatable bonds is 5. The second-order valence-corrected chi connectivity index (χ2v) is 9.65. The zero-order chi connectivity index (χ0) is 20.5. The SMILES string of the molecule is Cc1nnc(SCC(=O)N2N=C3/C(=C\c4ccco4)CCCC3C2c2ccco2)s1. The van der Waals surface area contributed by atoms with Crippen LogP contribution in [-0.2, 0) is 4.79 Å². The number of hydrogen-bond acceptors (Lipinski definition) is 8. The Morgan fingerprint density at radius 2 is 2.17 bits per heavy atom. The molecule has 3 aromatic rings. The van der Waals surface area contributed by atoms with E-state index >= 15 is 0 Å². The number of furan rings is 2. The van der Waals surface area contributed by atoms with Crippen LogP contribution in [0.2, 0.25) is 0 Å². The first kappa shape index (κ1) is 19.3. The van der Waals surface area contributed by atoms with E-state index in [-0.39, 0.29) is 23.6 Å². The van der Waals surface area contributed by atoms with E-state index in [4.69, 9.17) is 13.9 Å². The first-order valence-corrected chi connectivity index (χ1v) is 11.6. The molecule has 1 fully saturated rings. The Hall–Kier alpha value is -2.65. The van der Waals surface area contributed by atoms with Gasteiger partial charge in [0.05, 0.1) is 24.0 Å². The monoisotopic (exact) mass is 440 g/mol. The van der Waals surface area contributed by atoms with E-state index in [0.717, 1.165) is 51.4 Å². The molecule has 5 rings (SSSR count). The van der Waals surface area contributed by atoms with Gasteiger partial charge in [-0.15, -0.1) is 10.2 Å². The minimum atomic E-state index is -0.223. The summed E-state index contributed by atoms with van der Waals surface area (Å²) >= 11 is 2.89. The Kier molecular flexibility index (Phi) is 5.30. The molecule has 0 radical (unpaired) electrons. The van der Waals surface area contributed by atoms with Gasteiger partial charge in [-0.3, -0.25) is 4.79 Å². The minimum absolute atomic E-state index is 0.0616. The van der Waals surface area contributed by atoms with Crippen LogP contribution in [-0.4, -0.2) is 32.6 Å². The lowest BCUT2D eigenvalue weighted by atomic mass is 9.79. The Bertz CT molecular complexity index is 1090. The number of amides is 1. The Morgan fingerprint density at radius 1 is 1.30 bits per heavy atom. The third kappa shape index (κ3) is 3.75. The topological polar surface area (TPSA) is 84.7 Å². The van der Waals surface area contributed by atoms with Gasteiger partial charge >= 0.3 is 0 Å². The van der Waals surface area contributed by atoms with E-state index in [2.05, 4.69) is 10.2 Å². The number of aryl methyl sites for hydroxylation is 1. The Balaban J connectivity index is 1.44. The molecule has 2 atom stereocenters. The van der Waals surface area contributed by atoms with Crippen molar-refractivity contribution in [1.29, 1.82) is 0 Å². The molecule has 2 unspecified atom stereocenters. The first-order chi connectivity index (χ1) is 14.7. The summed E-state index contributed by atoms with van der Waals surface area (Å²) in [6, 6.07) is 7.36. The highest BCUT2D eigenvalue weighted by Crippen LogP contribution is 2.44. The summed E-state index contributed by atoms with van der Waals surface area (Å²) in [4.78, 5) is 13.2. The Labute approximate surface area is 181 Å². The standard InChI is InChI=1S/C21H20N4O3S2/c1-13-22-23-21(30-13)29-12-18(26)25-20(17-8-4-10-28-17)16-7-2-5-14(19(16)24-25)11-15-6-3-9-27-15/h3-4,6,8-11,16,20H,2,5,7,12H2,1H3/b14-11-. The molecule has 7 nitrogen and oxygen atoms in total. The van der Waals surface area contributed by atoms with E-state index in [1.807, 2.05) is 37.3 Å². The van der Waals surface area contributed by atoms with Gasteiger partial charge in [0.2, 0.25) is 0 Å². The van der Waals surface area contributed by atoms with Crippen molar-refractivity contribution in [3.63, 3.8) is 0 Å². The number of carbonyl (C=O) groups is 1. The lowest BCUT2D eigenvalue weighted by Crippen LogP contribution is -2.32. The molecule has 0 spiro atoms. The van der Waals surface area contributed by atoms with Gasteiger partial charge in [-0.05, 0) is 62.1 Å². The van der Waals surface area contributed by atoms with Crippen molar-refractivity contribution in [2.24, 2.45) is 11.0 Å². The van der Waals surface area contributed by atoms with Gasteiger partial charge in [-0.25, -0.2) is 5.01 Å². The Morgan fingerprint density at radius 3 is 2.90 bits per heavy atom. The van der Waals surface area contributed by atoms with Crippen LogP contribution in [0, 0.1) is 12.8 Å². The van der Waals surface area contributed by atoms with Gasteiger partial charge in [-0.2, -0.15) is 5.10 Å². The largest absolute Gasteiger partial charge is 0.467 e. The fourth-order valence-electron chi connectivity index (χ4n) is 4.02. The molecule has 0 saturated heterocycles. The molecular formula is C21H20N4O3S2. The van der Waals surface area contributed by atoms with Crippen LogP contribution < -0.4 is 0 Å². The number of thioether (sulfide) groups is 1. The molecular weight excluding hydrogens is 420 g/mol. The predicted octanol–water partition coefficient (Wildman–Crippen LogP) is 4.95. The zero-order valence-corrected chi connectivity index (χ0v) is 18.0. The molecule has 154 valence electrons. The highest BCUT2D eigenvalue weighted by molar-refractivity contribution is 8.01. The average molecular weight is 441 g/mol. The van der Waals surface area contributed by atoms with Crippen LogP contribution in [0.1, 0.15) is 41.8 Å². The quantitative estimate of drug-likeness (QED) is 0.522. The summed E-state index contributed by atoms with van der Waals surface area (Å²) in [5.41, 5.74) is 2.09. The van der Waals surface area contributed by atoms with E-state index in [1.54, 1.807) is 17.5 Å². The average Bonchev–Trinajstić information content (AvgIpc) is 3.52. The van der Waals surface area contributed by atoms with Gasteiger partial charge in [0, 0.05) is 5.92 Å². The van der Waals surface area contributed by atoms with Crippen LogP contribution in [0.5, 0.6) is 0 Å². The number of hydrazone groups is 1. The maximum absolute atomic E-state index is 13.2. The molecule has 4 heterocycles. The third-order valence-corrected chi connectivity index (χ3v) is 7.23. The first-order valence-electron chi connectivity index (χ1n) is 9.80. The number of allylic oxidation sites excluding steroid dienone is 1. The maximum Gasteiger partial charge on any atom is 0.253 e. The van der Waals surface area contributed by atoms with Crippen molar-refractivity contribution in [2.75, 3.05) is 5.75 Å². The molecule has 0 N–H and O–H groups in total. The van der Waals surface area contributed by atoms with Gasteiger partial charge in [-0.1, -0.05) is 23.1 Å². The third-order valence-electron chi connectivity index (χ3n) is 5.28. The normalized spacial score (nSPS) is 22.4. The lowest BCUT2D eigenvalue weighted by Gasteiger charge is -2.27. The summed E-state index contributed by atoms with van der Waals surface area (Å²) in [5, 5.41) is 15.4. The van der Waals surface area contributed by atoms with E-state index in [9.17, 15) is 4.79 Å². The number of fused-ring (bicyclic) bond motifs is 1. The van der Waals surface area contributed by atoms with Crippen LogP contribution >= 0.6 is 23.1 Å². The lowest BCUT2D eigenvalue weighted by molar-refractivity contribution is -0.131. The van der Waals surface area contributed by atoms with Crippen LogP contribution in [0.15, 0.2) is 60.6 Å². The van der Waals surface area contributed by atoms with Crippen LogP contribution in [0.3, 0.4) is 0 Å². The van der Waals surface area contributed by atoms with Gasteiger partial charge in [0.25, 0.3) is 5.91 Å². The van der Waals surface area contributed by atoms with Crippen molar-refractivity contribution in [1.82, 2.24) is 15.2 Å². The molecule has 0 bridgehead atoms. The van der Waals surface area contributed by atoms with Crippen LogP contribution in [0.25, 0.3) is 6.08 Å². The summed E-state index contributed by atoms with van der Waals surface area (Å²) in [7, 11) is 0. The van der Waals surface area contributed by atoms with Gasteiger partial charge in [0.1, 0.15) is 22.6 Å². The summed E-state index contributed by atoms with van der Waals surface area (Å²) < 4.78 is 12.0. The summed E-state index contributed by atoms with van der Waals surface area (Å²) in [6.07, 6.45) is 8.27. The highest BCUT2D eigenvalue weighted by atomic mass is 32.2. The summed E-state index contributed by atoms with van der Waals surface area (Å²) in [6.45, 7) is 1.90. The number of carbonyl (C=O) groups excluding carboxylic acids is 1. The van der Waals surface area contributed by atoms with Crippen LogP contribution in [0.4, 0.5) is 0 Å². The number of nitrogens with zero attached hydrogens (tertiary/aromatic N) is 4. The molecule has 0 aromatic carbocycles. The smallest absolute Gasteiger partial charge is 0.253 e. The molecule has 30 heavy (non-hydrogen) atoms.